The maximum absolute atomic E-state index is 12.6. The summed E-state index contributed by atoms with van der Waals surface area (Å²) in [7, 11) is -3.74. The van der Waals surface area contributed by atoms with E-state index in [1.54, 1.807) is 24.8 Å². The second kappa shape index (κ2) is 6.43. The van der Waals surface area contributed by atoms with Crippen molar-refractivity contribution in [2.24, 2.45) is 4.99 Å². The number of phosphoric acid groups is 1. The standard InChI is InChI=1S/C15H19N2O5P/c1-3-20-23(19,21-4-2)22-15-13-9-10-14(18)17(13)12-8-6-5-7-11(12)16-15/h5-8,13H,3-4,9-10H2,1-2H3/t13-/m1/s1. The monoisotopic (exact) mass is 338 g/mol. The third kappa shape index (κ3) is 3.04. The minimum Gasteiger partial charge on any atom is -0.387 e. The zero-order valence-corrected chi connectivity index (χ0v) is 14.0. The molecule has 124 valence electrons. The van der Waals surface area contributed by atoms with Crippen LogP contribution in [0.5, 0.6) is 0 Å². The molecule has 2 aliphatic heterocycles. The molecule has 0 radical (unpaired) electrons. The predicted molar refractivity (Wildman–Crippen MR) is 86.0 cm³/mol. The van der Waals surface area contributed by atoms with Crippen molar-refractivity contribution in [3.8, 4) is 0 Å². The van der Waals surface area contributed by atoms with Gasteiger partial charge in [0, 0.05) is 6.42 Å². The van der Waals surface area contributed by atoms with E-state index in [1.165, 1.54) is 0 Å². The van der Waals surface area contributed by atoms with Crippen LogP contribution in [0, 0.1) is 0 Å². The molecule has 0 saturated carbocycles. The van der Waals surface area contributed by atoms with Crippen molar-refractivity contribution in [2.45, 2.75) is 32.7 Å². The smallest absolute Gasteiger partial charge is 0.387 e. The highest BCUT2D eigenvalue weighted by atomic mass is 31.2. The Bertz CT molecular complexity index is 680. The lowest BCUT2D eigenvalue weighted by Crippen LogP contribution is -2.41. The summed E-state index contributed by atoms with van der Waals surface area (Å²) in [5, 5.41) is 0. The highest BCUT2D eigenvalue weighted by Crippen LogP contribution is 2.52. The zero-order valence-electron chi connectivity index (χ0n) is 13.1. The van der Waals surface area contributed by atoms with Crippen LogP contribution in [-0.2, 0) is 22.9 Å². The molecule has 3 rings (SSSR count). The first-order valence-electron chi connectivity index (χ1n) is 7.66. The van der Waals surface area contributed by atoms with Crippen molar-refractivity contribution in [1.82, 2.24) is 0 Å². The molecule has 1 amide bonds. The minimum absolute atomic E-state index is 0.00102. The number of benzene rings is 1. The van der Waals surface area contributed by atoms with Gasteiger partial charge in [0.1, 0.15) is 6.04 Å². The van der Waals surface area contributed by atoms with Crippen molar-refractivity contribution in [3.63, 3.8) is 0 Å². The molecule has 0 aromatic heterocycles. The number of nitrogens with zero attached hydrogens (tertiary/aromatic N) is 2. The average molecular weight is 338 g/mol. The summed E-state index contributed by atoms with van der Waals surface area (Å²) in [6, 6.07) is 6.94. The number of carbonyl (C=O) groups is 1. The highest BCUT2D eigenvalue weighted by Gasteiger charge is 2.43. The van der Waals surface area contributed by atoms with E-state index in [0.717, 1.165) is 5.69 Å². The second-order valence-corrected chi connectivity index (χ2v) is 6.72. The molecule has 1 aromatic rings. The summed E-state index contributed by atoms with van der Waals surface area (Å²) < 4.78 is 28.5. The molecule has 0 unspecified atom stereocenters. The third-order valence-corrected chi connectivity index (χ3v) is 5.21. The summed E-state index contributed by atoms with van der Waals surface area (Å²) in [6.07, 6.45) is 0.958. The number of amides is 1. The molecule has 0 bridgehead atoms. The van der Waals surface area contributed by atoms with Crippen molar-refractivity contribution >= 4 is 31.0 Å². The maximum Gasteiger partial charge on any atom is 0.531 e. The lowest BCUT2D eigenvalue weighted by atomic mass is 10.1. The van der Waals surface area contributed by atoms with Gasteiger partial charge < -0.3 is 4.52 Å². The van der Waals surface area contributed by atoms with Crippen molar-refractivity contribution in [2.75, 3.05) is 18.1 Å². The molecule has 7 nitrogen and oxygen atoms in total. The van der Waals surface area contributed by atoms with Crippen LogP contribution in [0.1, 0.15) is 26.7 Å². The van der Waals surface area contributed by atoms with Gasteiger partial charge in [-0.15, -0.1) is 0 Å². The van der Waals surface area contributed by atoms with Gasteiger partial charge in [0.15, 0.2) is 0 Å². The van der Waals surface area contributed by atoms with Gasteiger partial charge in [-0.1, -0.05) is 12.1 Å². The summed E-state index contributed by atoms with van der Waals surface area (Å²) in [6.45, 7) is 3.79. The van der Waals surface area contributed by atoms with E-state index in [-0.39, 0.29) is 31.1 Å². The first-order valence-corrected chi connectivity index (χ1v) is 9.12. The lowest BCUT2D eigenvalue weighted by molar-refractivity contribution is -0.117. The Kier molecular flexibility index (Phi) is 4.53. The van der Waals surface area contributed by atoms with Crippen LogP contribution in [0.25, 0.3) is 0 Å². The summed E-state index contributed by atoms with van der Waals surface area (Å²) in [4.78, 5) is 18.3. The molecule has 2 aliphatic rings. The first kappa shape index (κ1) is 16.2. The van der Waals surface area contributed by atoms with Crippen molar-refractivity contribution < 1.29 is 22.9 Å². The van der Waals surface area contributed by atoms with Crippen LogP contribution in [0.15, 0.2) is 29.3 Å². The first-order chi connectivity index (χ1) is 11.1. The molecule has 1 aromatic carbocycles. The summed E-state index contributed by atoms with van der Waals surface area (Å²) >= 11 is 0. The zero-order chi connectivity index (χ0) is 16.4. The molecule has 1 fully saturated rings. The molecule has 0 aliphatic carbocycles. The number of fused-ring (bicyclic) bond motifs is 3. The van der Waals surface area contributed by atoms with Crippen LogP contribution in [0.4, 0.5) is 11.4 Å². The minimum atomic E-state index is -3.74. The maximum atomic E-state index is 12.6. The highest BCUT2D eigenvalue weighted by molar-refractivity contribution is 7.49. The number of carbonyl (C=O) groups excluding carboxylic acids is 1. The Labute approximate surface area is 134 Å². The average Bonchev–Trinajstić information content (AvgIpc) is 2.90. The Balaban J connectivity index is 1.97. The fraction of sp³-hybridized carbons (Fsp3) is 0.467. The number of phosphoric ester groups is 1. The largest absolute Gasteiger partial charge is 0.531 e. The molecular weight excluding hydrogens is 319 g/mol. The van der Waals surface area contributed by atoms with Gasteiger partial charge >= 0.3 is 7.82 Å². The fourth-order valence-corrected chi connectivity index (χ4v) is 3.98. The number of hydrogen-bond acceptors (Lipinski definition) is 6. The van der Waals surface area contributed by atoms with Crippen LogP contribution in [0.2, 0.25) is 0 Å². The quantitative estimate of drug-likeness (QED) is 0.769. The molecule has 0 N–H and O–H groups in total. The van der Waals surface area contributed by atoms with Gasteiger partial charge in [0.25, 0.3) is 0 Å². The van der Waals surface area contributed by atoms with Crippen LogP contribution in [-0.4, -0.2) is 31.1 Å². The van der Waals surface area contributed by atoms with E-state index in [9.17, 15) is 9.36 Å². The summed E-state index contributed by atoms with van der Waals surface area (Å²) in [5.74, 6) is 0.209. The molecule has 1 atom stereocenters. The Hall–Kier alpha value is -1.69. The number of para-hydroxylation sites is 2. The van der Waals surface area contributed by atoms with E-state index in [0.29, 0.717) is 18.5 Å². The number of anilines is 1. The predicted octanol–water partition coefficient (Wildman–Crippen LogP) is 3.42. The van der Waals surface area contributed by atoms with E-state index >= 15 is 0 Å². The molecule has 23 heavy (non-hydrogen) atoms. The molecule has 0 spiro atoms. The van der Waals surface area contributed by atoms with E-state index in [4.69, 9.17) is 13.6 Å². The molecule has 2 heterocycles. The van der Waals surface area contributed by atoms with Gasteiger partial charge in [0.2, 0.25) is 11.8 Å². The molecule has 1 saturated heterocycles. The van der Waals surface area contributed by atoms with Gasteiger partial charge in [-0.05, 0) is 32.4 Å². The van der Waals surface area contributed by atoms with Crippen molar-refractivity contribution in [3.05, 3.63) is 24.3 Å². The van der Waals surface area contributed by atoms with Crippen LogP contribution < -0.4 is 4.90 Å². The second-order valence-electron chi connectivity index (χ2n) is 5.13. The number of hydrogen-bond donors (Lipinski definition) is 0. The van der Waals surface area contributed by atoms with Crippen LogP contribution in [0.3, 0.4) is 0 Å². The van der Waals surface area contributed by atoms with Gasteiger partial charge in [-0.2, -0.15) is 0 Å². The summed E-state index contributed by atoms with van der Waals surface area (Å²) in [5.41, 5.74) is 1.35. The topological polar surface area (TPSA) is 77.4 Å². The molecular formula is C15H19N2O5P. The Morgan fingerprint density at radius 2 is 1.96 bits per heavy atom. The van der Waals surface area contributed by atoms with Gasteiger partial charge in [-0.25, -0.2) is 9.56 Å². The van der Waals surface area contributed by atoms with E-state index in [1.807, 2.05) is 18.2 Å². The Morgan fingerprint density at radius 3 is 2.65 bits per heavy atom. The van der Waals surface area contributed by atoms with E-state index < -0.39 is 7.82 Å². The third-order valence-electron chi connectivity index (χ3n) is 3.65. The van der Waals surface area contributed by atoms with Gasteiger partial charge in [0.05, 0.1) is 24.6 Å². The molecule has 8 heteroatoms. The Morgan fingerprint density at radius 1 is 1.26 bits per heavy atom. The number of rotatable bonds is 5. The van der Waals surface area contributed by atoms with Crippen molar-refractivity contribution in [1.29, 1.82) is 0 Å². The van der Waals surface area contributed by atoms with E-state index in [2.05, 4.69) is 4.99 Å². The van der Waals surface area contributed by atoms with Gasteiger partial charge in [-0.3, -0.25) is 18.7 Å². The lowest BCUT2D eigenvalue weighted by Gasteiger charge is -2.31. The van der Waals surface area contributed by atoms with Crippen LogP contribution >= 0.6 is 7.82 Å². The normalized spacial score (nSPS) is 20.1. The number of aliphatic imine (C=N–C) groups is 1. The fourth-order valence-electron chi connectivity index (χ4n) is 2.78. The SMILES string of the molecule is CCOP(=O)(OCC)OC1=Nc2ccccc2N2C(=O)CC[C@H]12.